The van der Waals surface area contributed by atoms with Gasteiger partial charge in [-0.25, -0.2) is 0 Å². The SMILES string of the molecule is Cc1cc(C)c(B2Oc3cc4c(cc3-c3cc5c(cc32)-c2ccccc2-5)-c2ccccc2-4)c(C)c1.ClC(Cl)Cl. The molecule has 190 valence electrons. The third kappa shape index (κ3) is 3.84. The van der Waals surface area contributed by atoms with Gasteiger partial charge in [0.1, 0.15) is 5.75 Å². The second-order valence-electron chi connectivity index (χ2n) is 10.5. The maximum Gasteiger partial charge on any atom is 0.427 e. The van der Waals surface area contributed by atoms with E-state index >= 15 is 0 Å². The van der Waals surface area contributed by atoms with Gasteiger partial charge >= 0.3 is 6.92 Å². The van der Waals surface area contributed by atoms with Crippen molar-refractivity contribution in [2.45, 2.75) is 25.1 Å². The van der Waals surface area contributed by atoms with E-state index in [1.165, 1.54) is 83.3 Å². The maximum atomic E-state index is 6.94. The predicted octanol–water partition coefficient (Wildman–Crippen LogP) is 9.06. The van der Waals surface area contributed by atoms with E-state index in [2.05, 4.69) is 106 Å². The summed E-state index contributed by atoms with van der Waals surface area (Å²) in [6, 6.07) is 31.4. The molecule has 1 heterocycles. The Hall–Kier alpha value is -3.17. The highest BCUT2D eigenvalue weighted by Gasteiger charge is 2.38. The molecule has 0 unspecified atom stereocenters. The van der Waals surface area contributed by atoms with Crippen molar-refractivity contribution in [3.05, 3.63) is 102 Å². The van der Waals surface area contributed by atoms with Crippen LogP contribution in [0.1, 0.15) is 16.7 Å². The Balaban J connectivity index is 0.000000595. The summed E-state index contributed by atoms with van der Waals surface area (Å²) in [5.41, 5.74) is 19.6. The van der Waals surface area contributed by atoms with Gasteiger partial charge in [-0.3, -0.25) is 0 Å². The lowest BCUT2D eigenvalue weighted by atomic mass is 9.49. The molecule has 0 amide bonds. The number of fused-ring (bicyclic) bond motifs is 11. The molecule has 1 nitrogen and oxygen atoms in total. The van der Waals surface area contributed by atoms with Gasteiger partial charge in [0.25, 0.3) is 0 Å². The van der Waals surface area contributed by atoms with Crippen LogP contribution in [0.4, 0.5) is 0 Å². The van der Waals surface area contributed by atoms with Crippen molar-refractivity contribution < 1.29 is 4.65 Å². The molecule has 0 N–H and O–H groups in total. The maximum absolute atomic E-state index is 6.94. The first-order valence-corrected chi connectivity index (χ1v) is 14.3. The van der Waals surface area contributed by atoms with Crippen LogP contribution < -0.4 is 15.6 Å². The van der Waals surface area contributed by atoms with E-state index in [1.807, 2.05) is 0 Å². The first-order valence-electron chi connectivity index (χ1n) is 13.0. The third-order valence-electron chi connectivity index (χ3n) is 8.14. The van der Waals surface area contributed by atoms with E-state index < -0.39 is 4.30 Å². The smallest absolute Gasteiger partial charge is 0.427 e. The summed E-state index contributed by atoms with van der Waals surface area (Å²) in [7, 11) is 0. The molecule has 39 heavy (non-hydrogen) atoms. The van der Waals surface area contributed by atoms with Gasteiger partial charge in [0, 0.05) is 5.56 Å². The molecule has 0 saturated carbocycles. The van der Waals surface area contributed by atoms with Crippen molar-refractivity contribution in [1.82, 2.24) is 0 Å². The Morgan fingerprint density at radius 3 is 1.49 bits per heavy atom. The zero-order valence-electron chi connectivity index (χ0n) is 21.8. The molecule has 2 aliphatic carbocycles. The van der Waals surface area contributed by atoms with Crippen molar-refractivity contribution in [3.63, 3.8) is 0 Å². The van der Waals surface area contributed by atoms with Crippen LogP contribution in [0.3, 0.4) is 0 Å². The van der Waals surface area contributed by atoms with E-state index in [0.717, 1.165) is 5.75 Å². The zero-order chi connectivity index (χ0) is 27.0. The molecule has 3 aliphatic rings. The molecule has 0 fully saturated rings. The van der Waals surface area contributed by atoms with Crippen molar-refractivity contribution in [2.24, 2.45) is 0 Å². The second kappa shape index (κ2) is 9.20. The Bertz CT molecular complexity index is 1800. The standard InChI is InChI=1S/C33H23BO.CHCl3/c1-18-12-19(2)33(20(3)13-18)34-31-16-27-23-10-6-4-8-21(23)25(27)14-29(31)30-15-26-22-9-5-7-11-24(22)28(26)17-32(30)35-34;2-1(3)4/h4-17H,1-3H3;1H. The Labute approximate surface area is 244 Å². The quantitative estimate of drug-likeness (QED) is 0.143. The highest BCUT2D eigenvalue weighted by Crippen LogP contribution is 2.54. The molecule has 0 atom stereocenters. The van der Waals surface area contributed by atoms with Gasteiger partial charge in [0.05, 0.1) is 0 Å². The minimum absolute atomic E-state index is 0.121. The van der Waals surface area contributed by atoms with Crippen molar-refractivity contribution >= 4 is 52.6 Å². The minimum atomic E-state index is -0.750. The fourth-order valence-corrected chi connectivity index (χ4v) is 6.64. The lowest BCUT2D eigenvalue weighted by molar-refractivity contribution is 0.590. The molecule has 0 bridgehead atoms. The van der Waals surface area contributed by atoms with Crippen LogP contribution in [0.5, 0.6) is 5.75 Å². The zero-order valence-corrected chi connectivity index (χ0v) is 24.0. The summed E-state index contributed by atoms with van der Waals surface area (Å²) in [6.07, 6.45) is 0. The van der Waals surface area contributed by atoms with Gasteiger partial charge in [-0.2, -0.15) is 0 Å². The molecular formula is C34H24BCl3O. The lowest BCUT2D eigenvalue weighted by Crippen LogP contribution is -2.52. The number of alkyl halides is 3. The van der Waals surface area contributed by atoms with E-state index in [4.69, 9.17) is 39.5 Å². The summed E-state index contributed by atoms with van der Waals surface area (Å²) in [4.78, 5) is 0. The average Bonchev–Trinajstić information content (AvgIpc) is 2.89. The number of benzene rings is 5. The van der Waals surface area contributed by atoms with Gasteiger partial charge in [0.2, 0.25) is 0 Å². The van der Waals surface area contributed by atoms with Crippen LogP contribution in [0.25, 0.3) is 55.6 Å². The number of hydrogen-bond donors (Lipinski definition) is 0. The van der Waals surface area contributed by atoms with Crippen LogP contribution in [-0.2, 0) is 0 Å². The monoisotopic (exact) mass is 564 g/mol. The molecule has 0 aromatic heterocycles. The first-order chi connectivity index (χ1) is 18.8. The van der Waals surface area contributed by atoms with Crippen LogP contribution in [0.2, 0.25) is 0 Å². The average molecular weight is 566 g/mol. The second-order valence-corrected chi connectivity index (χ2v) is 12.5. The Morgan fingerprint density at radius 2 is 0.974 bits per heavy atom. The van der Waals surface area contributed by atoms with Gasteiger partial charge in [0.15, 0.2) is 4.30 Å². The van der Waals surface area contributed by atoms with Crippen LogP contribution in [0.15, 0.2) is 84.9 Å². The van der Waals surface area contributed by atoms with E-state index in [-0.39, 0.29) is 6.92 Å². The molecule has 8 rings (SSSR count). The van der Waals surface area contributed by atoms with Gasteiger partial charge < -0.3 is 4.65 Å². The minimum Gasteiger partial charge on any atom is -0.551 e. The summed E-state index contributed by atoms with van der Waals surface area (Å²) in [5.74, 6) is 0.989. The lowest BCUT2D eigenvalue weighted by Gasteiger charge is -2.35. The van der Waals surface area contributed by atoms with Gasteiger partial charge in [-0.05, 0) is 100.0 Å². The number of halogens is 3. The fourth-order valence-electron chi connectivity index (χ4n) is 6.64. The van der Waals surface area contributed by atoms with Crippen molar-refractivity contribution in [3.8, 4) is 61.4 Å². The topological polar surface area (TPSA) is 9.23 Å². The highest BCUT2D eigenvalue weighted by molar-refractivity contribution is 6.83. The molecule has 0 spiro atoms. The number of aryl methyl sites for hydroxylation is 3. The molecule has 5 aromatic carbocycles. The van der Waals surface area contributed by atoms with E-state index in [1.54, 1.807) is 0 Å². The Kier molecular flexibility index (Phi) is 5.86. The first kappa shape index (κ1) is 24.8. The van der Waals surface area contributed by atoms with Crippen molar-refractivity contribution in [1.29, 1.82) is 0 Å². The molecule has 0 radical (unpaired) electrons. The third-order valence-corrected chi connectivity index (χ3v) is 8.14. The van der Waals surface area contributed by atoms with Crippen LogP contribution >= 0.6 is 34.8 Å². The summed E-state index contributed by atoms with van der Waals surface area (Å²) in [5, 5.41) is 0. The largest absolute Gasteiger partial charge is 0.551 e. The highest BCUT2D eigenvalue weighted by atomic mass is 35.6. The molecule has 5 aromatic rings. The molecule has 1 aliphatic heterocycles. The van der Waals surface area contributed by atoms with Gasteiger partial charge in [-0.1, -0.05) is 118 Å². The molecular weight excluding hydrogens is 542 g/mol. The molecule has 5 heteroatoms. The van der Waals surface area contributed by atoms with Crippen LogP contribution in [0, 0.1) is 20.8 Å². The van der Waals surface area contributed by atoms with Gasteiger partial charge in [-0.15, -0.1) is 0 Å². The van der Waals surface area contributed by atoms with Crippen LogP contribution in [-0.4, -0.2) is 11.2 Å². The summed E-state index contributed by atoms with van der Waals surface area (Å²) in [6.45, 7) is 6.49. The molecule has 0 saturated heterocycles. The Morgan fingerprint density at radius 1 is 0.538 bits per heavy atom. The summed E-state index contributed by atoms with van der Waals surface area (Å²) >= 11 is 14.4. The fraction of sp³-hybridized carbons (Fsp3) is 0.118. The normalized spacial score (nSPS) is 12.7. The number of rotatable bonds is 1. The van der Waals surface area contributed by atoms with E-state index in [9.17, 15) is 0 Å². The van der Waals surface area contributed by atoms with E-state index in [0.29, 0.717) is 0 Å². The predicted molar refractivity (Wildman–Crippen MR) is 168 cm³/mol. The van der Waals surface area contributed by atoms with Crippen molar-refractivity contribution in [2.75, 3.05) is 0 Å². The number of hydrogen-bond acceptors (Lipinski definition) is 1. The summed E-state index contributed by atoms with van der Waals surface area (Å²) < 4.78 is 6.19.